The van der Waals surface area contributed by atoms with Crippen molar-refractivity contribution in [1.29, 1.82) is 0 Å². The van der Waals surface area contributed by atoms with Crippen LogP contribution >= 0.6 is 0 Å². The summed E-state index contributed by atoms with van der Waals surface area (Å²) in [6.45, 7) is 0. The molecule has 2 aromatic carbocycles. The molecule has 0 saturated carbocycles. The fourth-order valence-corrected chi connectivity index (χ4v) is 3.80. The Labute approximate surface area is 178 Å². The fourth-order valence-electron chi connectivity index (χ4n) is 3.80. The van der Waals surface area contributed by atoms with E-state index in [1.807, 2.05) is 36.4 Å². The molecule has 3 heterocycles. The van der Waals surface area contributed by atoms with Gasteiger partial charge in [0.25, 0.3) is 0 Å². The van der Waals surface area contributed by atoms with Crippen LogP contribution < -0.4 is 15.6 Å². The maximum atomic E-state index is 13.7. The van der Waals surface area contributed by atoms with Gasteiger partial charge in [-0.1, -0.05) is 30.3 Å². The molecule has 3 N–H and O–H groups in total. The highest BCUT2D eigenvalue weighted by Crippen LogP contribution is 2.26. The molecular weight excluding hydrogens is 395 g/mol. The quantitative estimate of drug-likeness (QED) is 0.384. The molecule has 0 radical (unpaired) electrons. The molecule has 1 aliphatic rings. The number of benzene rings is 2. The van der Waals surface area contributed by atoms with Gasteiger partial charge in [0.1, 0.15) is 29.2 Å². The van der Waals surface area contributed by atoms with Crippen LogP contribution in [0.15, 0.2) is 77.5 Å². The van der Waals surface area contributed by atoms with E-state index in [0.717, 1.165) is 17.0 Å². The van der Waals surface area contributed by atoms with Gasteiger partial charge in [0.15, 0.2) is 0 Å². The van der Waals surface area contributed by atoms with Crippen LogP contribution in [0, 0.1) is 5.82 Å². The summed E-state index contributed by atoms with van der Waals surface area (Å²) in [6.07, 6.45) is 4.23. The van der Waals surface area contributed by atoms with E-state index in [0.29, 0.717) is 29.9 Å². The van der Waals surface area contributed by atoms with E-state index in [2.05, 4.69) is 5.32 Å². The largest absolute Gasteiger partial charge is 0.469 e. The number of hydrogen-bond donors (Lipinski definition) is 2. The SMILES string of the molecule is Nc1cc(-c2c[n+]3c(c(Cc4ccccc4)n2)NC(Cc2ccco2)C3=O)ccc1F. The van der Waals surface area contributed by atoms with E-state index < -0.39 is 11.9 Å². The predicted octanol–water partition coefficient (Wildman–Crippen LogP) is 3.62. The van der Waals surface area contributed by atoms with Gasteiger partial charge in [0, 0.05) is 12.0 Å². The Bertz CT molecular complexity index is 1260. The normalized spacial score (nSPS) is 15.0. The lowest BCUT2D eigenvalue weighted by Crippen LogP contribution is -2.44. The molecule has 1 unspecified atom stereocenters. The molecule has 0 amide bonds. The van der Waals surface area contributed by atoms with Gasteiger partial charge in [-0.15, -0.1) is 0 Å². The van der Waals surface area contributed by atoms with Gasteiger partial charge in [-0.3, -0.25) is 5.32 Å². The highest BCUT2D eigenvalue weighted by atomic mass is 19.1. The molecule has 0 fully saturated rings. The topological polar surface area (TPSA) is 85.0 Å². The molecule has 0 spiro atoms. The molecule has 6 nitrogen and oxygen atoms in total. The first kappa shape index (κ1) is 19.0. The van der Waals surface area contributed by atoms with Crippen molar-refractivity contribution in [1.82, 2.24) is 4.98 Å². The van der Waals surface area contributed by atoms with E-state index in [1.54, 1.807) is 29.2 Å². The second-order valence-corrected chi connectivity index (χ2v) is 7.51. The van der Waals surface area contributed by atoms with Crippen LogP contribution in [0.25, 0.3) is 11.3 Å². The third-order valence-electron chi connectivity index (χ3n) is 5.36. The molecule has 1 atom stereocenters. The van der Waals surface area contributed by atoms with Crippen LogP contribution in [-0.4, -0.2) is 16.9 Å². The van der Waals surface area contributed by atoms with E-state index >= 15 is 0 Å². The highest BCUT2D eigenvalue weighted by molar-refractivity contribution is 5.82. The summed E-state index contributed by atoms with van der Waals surface area (Å²) in [5, 5.41) is 3.32. The zero-order chi connectivity index (χ0) is 21.4. The lowest BCUT2D eigenvalue weighted by atomic mass is 10.1. The van der Waals surface area contributed by atoms with Crippen LogP contribution in [0.4, 0.5) is 15.9 Å². The molecule has 5 rings (SSSR count). The lowest BCUT2D eigenvalue weighted by molar-refractivity contribution is -0.552. The van der Waals surface area contributed by atoms with E-state index in [1.165, 1.54) is 12.1 Å². The number of anilines is 2. The number of rotatable bonds is 5. The highest BCUT2D eigenvalue weighted by Gasteiger charge is 2.41. The number of halogens is 1. The van der Waals surface area contributed by atoms with Gasteiger partial charge in [-0.25, -0.2) is 14.2 Å². The van der Waals surface area contributed by atoms with Crippen molar-refractivity contribution >= 4 is 17.4 Å². The van der Waals surface area contributed by atoms with Gasteiger partial charge < -0.3 is 10.2 Å². The van der Waals surface area contributed by atoms with Crippen molar-refractivity contribution in [2.24, 2.45) is 0 Å². The van der Waals surface area contributed by atoms with Crippen LogP contribution in [-0.2, 0) is 12.8 Å². The first-order valence-corrected chi connectivity index (χ1v) is 9.96. The van der Waals surface area contributed by atoms with E-state index in [4.69, 9.17) is 15.1 Å². The first-order chi connectivity index (χ1) is 15.1. The molecule has 4 aromatic rings. The van der Waals surface area contributed by atoms with Crippen molar-refractivity contribution in [3.05, 3.63) is 96.0 Å². The van der Waals surface area contributed by atoms with Gasteiger partial charge in [0.2, 0.25) is 6.04 Å². The Morgan fingerprint density at radius 1 is 1.13 bits per heavy atom. The average molecular weight is 415 g/mol. The van der Waals surface area contributed by atoms with Gasteiger partial charge in [-0.2, -0.15) is 4.57 Å². The first-order valence-electron chi connectivity index (χ1n) is 9.96. The lowest BCUT2D eigenvalue weighted by Gasteiger charge is -2.08. The number of fused-ring (bicyclic) bond motifs is 1. The third kappa shape index (κ3) is 3.66. The number of carbonyl (C=O) groups is 1. The Morgan fingerprint density at radius 2 is 1.97 bits per heavy atom. The number of nitrogens with two attached hydrogens (primary N) is 1. The molecule has 154 valence electrons. The number of nitrogens with zero attached hydrogens (tertiary/aromatic N) is 2. The Balaban J connectivity index is 1.58. The monoisotopic (exact) mass is 415 g/mol. The van der Waals surface area contributed by atoms with Crippen molar-refractivity contribution in [3.8, 4) is 11.3 Å². The Kier molecular flexibility index (Phi) is 4.71. The smallest absolute Gasteiger partial charge is 0.359 e. The van der Waals surface area contributed by atoms with E-state index in [-0.39, 0.29) is 11.6 Å². The van der Waals surface area contributed by atoms with Crippen molar-refractivity contribution in [3.63, 3.8) is 0 Å². The molecule has 31 heavy (non-hydrogen) atoms. The number of nitrogens with one attached hydrogen (secondary N) is 1. The zero-order valence-electron chi connectivity index (χ0n) is 16.6. The summed E-state index contributed by atoms with van der Waals surface area (Å²) < 4.78 is 20.7. The number of carbonyl (C=O) groups excluding carboxylic acids is 1. The summed E-state index contributed by atoms with van der Waals surface area (Å²) >= 11 is 0. The molecular formula is C24H20FN4O2+. The maximum absolute atomic E-state index is 13.7. The minimum absolute atomic E-state index is 0.0366. The van der Waals surface area contributed by atoms with Gasteiger partial charge >= 0.3 is 11.7 Å². The van der Waals surface area contributed by atoms with Crippen LogP contribution in [0.3, 0.4) is 0 Å². The number of furan rings is 1. The molecule has 7 heteroatoms. The molecule has 0 aliphatic carbocycles. The second-order valence-electron chi connectivity index (χ2n) is 7.51. The molecule has 1 aliphatic heterocycles. The summed E-state index contributed by atoms with van der Waals surface area (Å²) in [6, 6.07) is 17.5. The predicted molar refractivity (Wildman–Crippen MR) is 114 cm³/mol. The zero-order valence-corrected chi connectivity index (χ0v) is 16.6. The maximum Gasteiger partial charge on any atom is 0.359 e. The molecule has 0 saturated heterocycles. The van der Waals surface area contributed by atoms with Crippen LogP contribution in [0.1, 0.15) is 21.8 Å². The minimum Gasteiger partial charge on any atom is -0.469 e. The average Bonchev–Trinajstić information content (AvgIpc) is 3.40. The van der Waals surface area contributed by atoms with Crippen molar-refractivity contribution in [2.45, 2.75) is 18.9 Å². The van der Waals surface area contributed by atoms with Gasteiger partial charge in [-0.05, 0) is 35.9 Å². The summed E-state index contributed by atoms with van der Waals surface area (Å²) in [4.78, 5) is 18.0. The summed E-state index contributed by atoms with van der Waals surface area (Å²) in [5.74, 6) is 0.797. The van der Waals surface area contributed by atoms with Crippen molar-refractivity contribution < 1.29 is 18.2 Å². The van der Waals surface area contributed by atoms with Crippen molar-refractivity contribution in [2.75, 3.05) is 11.1 Å². The fraction of sp³-hybridized carbons (Fsp3) is 0.125. The standard InChI is InChI=1S/C24H19FN4O2/c25-18-9-8-16(12-19(18)26)22-14-29-23(20(27-22)11-15-5-2-1-3-6-15)28-21(24(29)30)13-17-7-4-10-31-17/h1-10,12,14,21H,11,13,26H2/p+1. The van der Waals surface area contributed by atoms with Crippen LogP contribution in [0.2, 0.25) is 0 Å². The minimum atomic E-state index is -0.488. The molecule has 0 bridgehead atoms. The molecule has 2 aromatic heterocycles. The Hall–Kier alpha value is -4.00. The number of aromatic nitrogens is 2. The second kappa shape index (κ2) is 7.68. The summed E-state index contributed by atoms with van der Waals surface area (Å²) in [5.41, 5.74) is 8.78. The van der Waals surface area contributed by atoms with Crippen LogP contribution in [0.5, 0.6) is 0 Å². The summed E-state index contributed by atoms with van der Waals surface area (Å²) in [7, 11) is 0. The third-order valence-corrected chi connectivity index (χ3v) is 5.36. The number of hydrogen-bond acceptors (Lipinski definition) is 5. The van der Waals surface area contributed by atoms with Gasteiger partial charge in [0.05, 0.1) is 18.4 Å². The Morgan fingerprint density at radius 3 is 2.71 bits per heavy atom. The van der Waals surface area contributed by atoms with E-state index in [9.17, 15) is 9.18 Å². The number of nitrogen functional groups attached to an aromatic ring is 1.